The molecule has 0 saturated carbocycles. The van der Waals surface area contributed by atoms with Crippen LogP contribution in [0.15, 0.2) is 42.5 Å². The molecule has 4 nitrogen and oxygen atoms in total. The van der Waals surface area contributed by atoms with Gasteiger partial charge in [0.1, 0.15) is 17.5 Å². The zero-order valence-electron chi connectivity index (χ0n) is 14.4. The zero-order chi connectivity index (χ0) is 19.3. The normalized spacial score (nSPS) is 11.7. The monoisotopic (exact) mass is 364 g/mol. The second-order valence-corrected chi connectivity index (χ2v) is 5.83. The van der Waals surface area contributed by atoms with Gasteiger partial charge in [0.15, 0.2) is 0 Å². The summed E-state index contributed by atoms with van der Waals surface area (Å²) in [7, 11) is 1.54. The highest BCUT2D eigenvalue weighted by Crippen LogP contribution is 2.22. The average Bonchev–Trinajstić information content (AvgIpc) is 2.60. The lowest BCUT2D eigenvalue weighted by Gasteiger charge is -2.25. The van der Waals surface area contributed by atoms with Gasteiger partial charge in [0.25, 0.3) is 5.91 Å². The van der Waals surface area contributed by atoms with E-state index in [4.69, 9.17) is 0 Å². The number of hydrogen-bond acceptors (Lipinski definition) is 2. The summed E-state index contributed by atoms with van der Waals surface area (Å²) in [6, 6.07) is 8.33. The molecule has 0 aliphatic carbocycles. The van der Waals surface area contributed by atoms with Gasteiger partial charge in [0.2, 0.25) is 5.91 Å². The van der Waals surface area contributed by atoms with Gasteiger partial charge in [-0.3, -0.25) is 9.59 Å². The molecule has 0 aliphatic heterocycles. The molecule has 0 heterocycles. The van der Waals surface area contributed by atoms with Crippen molar-refractivity contribution in [2.75, 3.05) is 13.6 Å². The molecule has 1 atom stereocenters. The smallest absolute Gasteiger partial charge is 0.254 e. The van der Waals surface area contributed by atoms with Crippen molar-refractivity contribution in [1.29, 1.82) is 0 Å². The van der Waals surface area contributed by atoms with Crippen LogP contribution < -0.4 is 5.32 Å². The fourth-order valence-electron chi connectivity index (χ4n) is 2.47. The zero-order valence-corrected chi connectivity index (χ0v) is 14.4. The highest BCUT2D eigenvalue weighted by Gasteiger charge is 2.20. The Morgan fingerprint density at radius 2 is 1.77 bits per heavy atom. The van der Waals surface area contributed by atoms with Crippen LogP contribution in [-0.4, -0.2) is 30.3 Å². The second kappa shape index (κ2) is 8.51. The molecule has 1 unspecified atom stereocenters. The minimum atomic E-state index is -0.973. The maximum atomic E-state index is 13.8. The van der Waals surface area contributed by atoms with E-state index in [0.29, 0.717) is 11.6 Å². The first kappa shape index (κ1) is 19.5. The molecule has 0 radical (unpaired) electrons. The van der Waals surface area contributed by atoms with Crippen molar-refractivity contribution in [1.82, 2.24) is 10.2 Å². The summed E-state index contributed by atoms with van der Waals surface area (Å²) in [6.07, 6.45) is -0.0379. The quantitative estimate of drug-likeness (QED) is 0.854. The molecule has 0 bridgehead atoms. The first-order valence-electron chi connectivity index (χ1n) is 8.04. The maximum Gasteiger partial charge on any atom is 0.254 e. The predicted molar refractivity (Wildman–Crippen MR) is 90.9 cm³/mol. The van der Waals surface area contributed by atoms with Crippen molar-refractivity contribution in [2.24, 2.45) is 0 Å². The summed E-state index contributed by atoms with van der Waals surface area (Å²) in [5.41, 5.74) is 0.0905. The van der Waals surface area contributed by atoms with E-state index in [1.165, 1.54) is 11.0 Å². The van der Waals surface area contributed by atoms with Gasteiger partial charge < -0.3 is 10.2 Å². The summed E-state index contributed by atoms with van der Waals surface area (Å²) >= 11 is 0. The van der Waals surface area contributed by atoms with Gasteiger partial charge >= 0.3 is 0 Å². The summed E-state index contributed by atoms with van der Waals surface area (Å²) in [5.74, 6) is -3.20. The fourth-order valence-corrected chi connectivity index (χ4v) is 2.47. The maximum absolute atomic E-state index is 13.8. The Morgan fingerprint density at radius 3 is 2.42 bits per heavy atom. The lowest BCUT2D eigenvalue weighted by molar-refractivity contribution is -0.131. The van der Waals surface area contributed by atoms with Gasteiger partial charge in [-0.05, 0) is 25.1 Å². The molecule has 0 spiro atoms. The van der Waals surface area contributed by atoms with Gasteiger partial charge in [-0.2, -0.15) is 0 Å². The molecule has 2 rings (SSSR count). The number of carbonyl (C=O) groups is 2. The molecule has 2 aromatic carbocycles. The van der Waals surface area contributed by atoms with Crippen LogP contribution in [0.1, 0.15) is 35.3 Å². The highest BCUT2D eigenvalue weighted by atomic mass is 19.1. The van der Waals surface area contributed by atoms with E-state index < -0.39 is 29.4 Å². The molecular weight excluding hydrogens is 345 g/mol. The Labute approximate surface area is 149 Å². The molecular formula is C19H19F3N2O2. The van der Waals surface area contributed by atoms with Gasteiger partial charge in [0, 0.05) is 31.6 Å². The SMILES string of the molecule is CC(c1ccccc1F)N(C)C(=O)CCNC(=O)c1ccc(F)cc1F. The summed E-state index contributed by atoms with van der Waals surface area (Å²) in [4.78, 5) is 25.5. The number of amides is 2. The summed E-state index contributed by atoms with van der Waals surface area (Å²) in [6.45, 7) is 1.67. The van der Waals surface area contributed by atoms with Crippen molar-refractivity contribution < 1.29 is 22.8 Å². The molecule has 0 saturated heterocycles. The third kappa shape index (κ3) is 4.62. The van der Waals surface area contributed by atoms with Crippen LogP contribution in [-0.2, 0) is 4.79 Å². The molecule has 0 aliphatic rings. The van der Waals surface area contributed by atoms with Crippen molar-refractivity contribution in [3.05, 3.63) is 71.0 Å². The number of halogens is 3. The van der Waals surface area contributed by atoms with Crippen LogP contribution in [0.4, 0.5) is 13.2 Å². The number of nitrogens with zero attached hydrogens (tertiary/aromatic N) is 1. The Kier molecular flexibility index (Phi) is 6.38. The van der Waals surface area contributed by atoms with Crippen LogP contribution in [0.3, 0.4) is 0 Å². The number of nitrogens with one attached hydrogen (secondary N) is 1. The lowest BCUT2D eigenvalue weighted by atomic mass is 10.1. The van der Waals surface area contributed by atoms with Crippen molar-refractivity contribution >= 4 is 11.8 Å². The van der Waals surface area contributed by atoms with Crippen LogP contribution in [0.2, 0.25) is 0 Å². The predicted octanol–water partition coefficient (Wildman–Crippen LogP) is 3.44. The van der Waals surface area contributed by atoms with Gasteiger partial charge in [-0.25, -0.2) is 13.2 Å². The third-order valence-corrected chi connectivity index (χ3v) is 4.13. The standard InChI is InChI=1S/C19H19F3N2O2/c1-12(14-5-3-4-6-16(14)21)24(2)18(25)9-10-23-19(26)15-8-7-13(20)11-17(15)22/h3-8,11-12H,9-10H2,1-2H3,(H,23,26). The van der Waals surface area contributed by atoms with E-state index in [1.54, 1.807) is 32.2 Å². The average molecular weight is 364 g/mol. The van der Waals surface area contributed by atoms with E-state index in [2.05, 4.69) is 5.32 Å². The fraction of sp³-hybridized carbons (Fsp3) is 0.263. The molecule has 1 N–H and O–H groups in total. The lowest BCUT2D eigenvalue weighted by Crippen LogP contribution is -2.34. The van der Waals surface area contributed by atoms with Crippen molar-refractivity contribution in [3.63, 3.8) is 0 Å². The van der Waals surface area contributed by atoms with Gasteiger partial charge in [-0.15, -0.1) is 0 Å². The topological polar surface area (TPSA) is 49.4 Å². The van der Waals surface area contributed by atoms with Gasteiger partial charge in [0.05, 0.1) is 11.6 Å². The summed E-state index contributed by atoms with van der Waals surface area (Å²) < 4.78 is 40.2. The number of benzene rings is 2. The van der Waals surface area contributed by atoms with Crippen LogP contribution in [0.25, 0.3) is 0 Å². The first-order valence-corrected chi connectivity index (χ1v) is 8.04. The third-order valence-electron chi connectivity index (χ3n) is 4.13. The van der Waals surface area contributed by atoms with Crippen LogP contribution in [0, 0.1) is 17.5 Å². The minimum Gasteiger partial charge on any atom is -0.351 e. The molecule has 2 aromatic rings. The number of rotatable bonds is 6. The van der Waals surface area contributed by atoms with E-state index in [1.807, 2.05) is 0 Å². The van der Waals surface area contributed by atoms with Crippen molar-refractivity contribution in [2.45, 2.75) is 19.4 Å². The van der Waals surface area contributed by atoms with Crippen molar-refractivity contribution in [3.8, 4) is 0 Å². The molecule has 0 aromatic heterocycles. The first-order chi connectivity index (χ1) is 12.3. The number of hydrogen-bond donors (Lipinski definition) is 1. The molecule has 0 fully saturated rings. The Balaban J connectivity index is 1.90. The Bertz CT molecular complexity index is 811. The highest BCUT2D eigenvalue weighted by molar-refractivity contribution is 5.94. The van der Waals surface area contributed by atoms with E-state index in [9.17, 15) is 22.8 Å². The van der Waals surface area contributed by atoms with E-state index >= 15 is 0 Å². The largest absolute Gasteiger partial charge is 0.351 e. The molecule has 7 heteroatoms. The summed E-state index contributed by atoms with van der Waals surface area (Å²) in [5, 5.41) is 2.41. The van der Waals surface area contributed by atoms with E-state index in [-0.39, 0.29) is 24.4 Å². The minimum absolute atomic E-state index is 0.0250. The van der Waals surface area contributed by atoms with Crippen LogP contribution >= 0.6 is 0 Å². The second-order valence-electron chi connectivity index (χ2n) is 5.83. The molecule has 138 valence electrons. The van der Waals surface area contributed by atoms with E-state index in [0.717, 1.165) is 12.1 Å². The molecule has 2 amide bonds. The Hall–Kier alpha value is -2.83. The Morgan fingerprint density at radius 1 is 1.08 bits per heavy atom. The van der Waals surface area contributed by atoms with Crippen LogP contribution in [0.5, 0.6) is 0 Å². The van der Waals surface area contributed by atoms with Gasteiger partial charge in [-0.1, -0.05) is 18.2 Å². The number of carbonyl (C=O) groups excluding carboxylic acids is 2. The molecule has 26 heavy (non-hydrogen) atoms.